The number of methoxy groups -OCH3 is 1. The van der Waals surface area contributed by atoms with Crippen LogP contribution in [0.25, 0.3) is 0 Å². The molecule has 0 saturated heterocycles. The first-order valence-electron chi connectivity index (χ1n) is 4.84. The summed E-state index contributed by atoms with van der Waals surface area (Å²) >= 11 is 0. The lowest BCUT2D eigenvalue weighted by molar-refractivity contribution is 0.0191. The molecule has 0 aromatic heterocycles. The minimum absolute atomic E-state index is 0.255. The molecule has 84 valence electrons. The third kappa shape index (κ3) is 3.58. The number of benzene rings is 1. The third-order valence-electron chi connectivity index (χ3n) is 2.07. The van der Waals surface area contributed by atoms with Crippen molar-refractivity contribution in [1.82, 2.24) is 0 Å². The van der Waals surface area contributed by atoms with Crippen LogP contribution in [-0.4, -0.2) is 26.9 Å². The maximum Gasteiger partial charge on any atom is 0.129 e. The van der Waals surface area contributed by atoms with Crippen LogP contribution in [0.4, 0.5) is 4.39 Å². The fourth-order valence-electron chi connectivity index (χ4n) is 1.29. The second-order valence-electron chi connectivity index (χ2n) is 3.11. The number of ether oxygens (including phenoxy) is 2. The highest BCUT2D eigenvalue weighted by molar-refractivity contribution is 5.20. The number of hydrogen-bond acceptors (Lipinski definition) is 3. The van der Waals surface area contributed by atoms with Crippen LogP contribution in [0.5, 0.6) is 0 Å². The standard InChI is InChI=1S/C11H16FNO2/c1-14-6-7-15-11(8-13)9-4-2-3-5-10(9)12/h2-5,11H,6-8,13H2,1H3. The normalized spacial score (nSPS) is 12.7. The van der Waals surface area contributed by atoms with Gasteiger partial charge in [0.2, 0.25) is 0 Å². The molecule has 0 fully saturated rings. The molecule has 0 aliphatic rings. The van der Waals surface area contributed by atoms with Crippen molar-refractivity contribution >= 4 is 0 Å². The monoisotopic (exact) mass is 213 g/mol. The zero-order valence-electron chi connectivity index (χ0n) is 8.78. The van der Waals surface area contributed by atoms with Crippen LogP contribution in [0.2, 0.25) is 0 Å². The molecule has 0 saturated carbocycles. The summed E-state index contributed by atoms with van der Waals surface area (Å²) in [5, 5.41) is 0. The topological polar surface area (TPSA) is 44.5 Å². The molecule has 0 aliphatic heterocycles. The van der Waals surface area contributed by atoms with Crippen molar-refractivity contribution in [3.05, 3.63) is 35.6 Å². The van der Waals surface area contributed by atoms with Gasteiger partial charge in [-0.3, -0.25) is 0 Å². The summed E-state index contributed by atoms with van der Waals surface area (Å²) < 4.78 is 23.6. The molecular formula is C11H16FNO2. The van der Waals surface area contributed by atoms with Crippen LogP contribution < -0.4 is 5.73 Å². The van der Waals surface area contributed by atoms with Gasteiger partial charge in [0.05, 0.1) is 19.3 Å². The van der Waals surface area contributed by atoms with Gasteiger partial charge in [0.15, 0.2) is 0 Å². The second kappa shape index (κ2) is 6.50. The molecule has 4 heteroatoms. The van der Waals surface area contributed by atoms with Gasteiger partial charge in [-0.2, -0.15) is 0 Å². The van der Waals surface area contributed by atoms with E-state index in [1.165, 1.54) is 6.07 Å². The largest absolute Gasteiger partial charge is 0.382 e. The van der Waals surface area contributed by atoms with E-state index in [4.69, 9.17) is 15.2 Å². The first-order chi connectivity index (χ1) is 7.29. The van der Waals surface area contributed by atoms with Gasteiger partial charge in [-0.05, 0) is 6.07 Å². The molecule has 0 aliphatic carbocycles. The molecule has 0 amide bonds. The van der Waals surface area contributed by atoms with Gasteiger partial charge in [0.1, 0.15) is 5.82 Å². The van der Waals surface area contributed by atoms with E-state index in [0.29, 0.717) is 18.8 Å². The lowest BCUT2D eigenvalue weighted by Crippen LogP contribution is -2.19. The zero-order chi connectivity index (χ0) is 11.1. The predicted molar refractivity (Wildman–Crippen MR) is 56.0 cm³/mol. The Labute approximate surface area is 89.0 Å². The quantitative estimate of drug-likeness (QED) is 0.728. The minimum atomic E-state index is -0.402. The van der Waals surface area contributed by atoms with Crippen molar-refractivity contribution in [3.8, 4) is 0 Å². The fraction of sp³-hybridized carbons (Fsp3) is 0.455. The highest BCUT2D eigenvalue weighted by Gasteiger charge is 2.13. The summed E-state index contributed by atoms with van der Waals surface area (Å²) in [7, 11) is 1.59. The molecule has 2 N–H and O–H groups in total. The van der Waals surface area contributed by atoms with Crippen LogP contribution in [0, 0.1) is 5.82 Å². The molecule has 0 spiro atoms. The van der Waals surface area contributed by atoms with Crippen molar-refractivity contribution in [2.45, 2.75) is 6.10 Å². The van der Waals surface area contributed by atoms with E-state index >= 15 is 0 Å². The van der Waals surface area contributed by atoms with Gasteiger partial charge in [0.25, 0.3) is 0 Å². The molecule has 1 aromatic carbocycles. The van der Waals surface area contributed by atoms with E-state index in [9.17, 15) is 4.39 Å². The number of nitrogens with two attached hydrogens (primary N) is 1. The molecule has 0 radical (unpaired) electrons. The van der Waals surface area contributed by atoms with Crippen molar-refractivity contribution in [3.63, 3.8) is 0 Å². The molecule has 1 atom stereocenters. The van der Waals surface area contributed by atoms with E-state index < -0.39 is 6.10 Å². The maximum absolute atomic E-state index is 13.4. The number of halogens is 1. The average molecular weight is 213 g/mol. The summed E-state index contributed by atoms with van der Waals surface area (Å²) in [6.45, 7) is 1.14. The number of hydrogen-bond donors (Lipinski definition) is 1. The van der Waals surface area contributed by atoms with E-state index in [1.54, 1.807) is 25.3 Å². The van der Waals surface area contributed by atoms with Crippen molar-refractivity contribution in [2.75, 3.05) is 26.9 Å². The molecule has 3 nitrogen and oxygen atoms in total. The molecular weight excluding hydrogens is 197 g/mol. The van der Waals surface area contributed by atoms with Crippen LogP contribution >= 0.6 is 0 Å². The lowest BCUT2D eigenvalue weighted by Gasteiger charge is -2.16. The average Bonchev–Trinajstić information content (AvgIpc) is 2.26. The molecule has 1 aromatic rings. The molecule has 1 unspecified atom stereocenters. The molecule has 0 bridgehead atoms. The lowest BCUT2D eigenvalue weighted by atomic mass is 10.1. The molecule has 1 rings (SSSR count). The second-order valence-corrected chi connectivity index (χ2v) is 3.11. The van der Waals surface area contributed by atoms with Gasteiger partial charge in [-0.15, -0.1) is 0 Å². The summed E-state index contributed by atoms with van der Waals surface area (Å²) in [5.41, 5.74) is 6.02. The van der Waals surface area contributed by atoms with Gasteiger partial charge in [-0.25, -0.2) is 4.39 Å². The van der Waals surface area contributed by atoms with Gasteiger partial charge >= 0.3 is 0 Å². The Morgan fingerprint density at radius 2 is 2.07 bits per heavy atom. The zero-order valence-corrected chi connectivity index (χ0v) is 8.78. The summed E-state index contributed by atoms with van der Waals surface area (Å²) in [5.74, 6) is -0.287. The molecule has 0 heterocycles. The fourth-order valence-corrected chi connectivity index (χ4v) is 1.29. The van der Waals surface area contributed by atoms with Gasteiger partial charge in [-0.1, -0.05) is 18.2 Å². The summed E-state index contributed by atoms with van der Waals surface area (Å²) in [6.07, 6.45) is -0.402. The SMILES string of the molecule is COCCOC(CN)c1ccccc1F. The predicted octanol–water partition coefficient (Wildman–Crippen LogP) is 1.49. The number of rotatable bonds is 6. The van der Waals surface area contributed by atoms with Crippen LogP contribution in [-0.2, 0) is 9.47 Å². The highest BCUT2D eigenvalue weighted by atomic mass is 19.1. The Kier molecular flexibility index (Phi) is 5.25. The Hall–Kier alpha value is -0.970. The van der Waals surface area contributed by atoms with Crippen LogP contribution in [0.15, 0.2) is 24.3 Å². The minimum Gasteiger partial charge on any atom is -0.382 e. The Morgan fingerprint density at radius 1 is 1.33 bits per heavy atom. The van der Waals surface area contributed by atoms with Crippen molar-refractivity contribution < 1.29 is 13.9 Å². The van der Waals surface area contributed by atoms with E-state index in [-0.39, 0.29) is 12.4 Å². The first kappa shape index (κ1) is 12.1. The first-order valence-corrected chi connectivity index (χ1v) is 4.84. The Balaban J connectivity index is 2.61. The van der Waals surface area contributed by atoms with Crippen LogP contribution in [0.3, 0.4) is 0 Å². The highest BCUT2D eigenvalue weighted by Crippen LogP contribution is 2.19. The van der Waals surface area contributed by atoms with E-state index in [1.807, 2.05) is 0 Å². The van der Waals surface area contributed by atoms with Crippen molar-refractivity contribution in [2.24, 2.45) is 5.73 Å². The van der Waals surface area contributed by atoms with E-state index in [0.717, 1.165) is 0 Å². The Morgan fingerprint density at radius 3 is 2.67 bits per heavy atom. The Bertz CT molecular complexity index is 294. The maximum atomic E-state index is 13.4. The smallest absolute Gasteiger partial charge is 0.129 e. The molecule has 15 heavy (non-hydrogen) atoms. The van der Waals surface area contributed by atoms with Crippen molar-refractivity contribution in [1.29, 1.82) is 0 Å². The third-order valence-corrected chi connectivity index (χ3v) is 2.07. The van der Waals surface area contributed by atoms with E-state index in [2.05, 4.69) is 0 Å². The summed E-state index contributed by atoms with van der Waals surface area (Å²) in [4.78, 5) is 0. The van der Waals surface area contributed by atoms with Gasteiger partial charge in [0, 0.05) is 19.2 Å². The van der Waals surface area contributed by atoms with Gasteiger partial charge < -0.3 is 15.2 Å². The van der Waals surface area contributed by atoms with Crippen LogP contribution in [0.1, 0.15) is 11.7 Å². The summed E-state index contributed by atoms with van der Waals surface area (Å²) in [6, 6.07) is 6.49.